The van der Waals surface area contributed by atoms with Crippen molar-refractivity contribution in [2.24, 2.45) is 0 Å². The normalized spacial score (nSPS) is 11.5. The highest BCUT2D eigenvalue weighted by Gasteiger charge is 2.06. The van der Waals surface area contributed by atoms with E-state index >= 15 is 0 Å². The van der Waals surface area contributed by atoms with Gasteiger partial charge in [-0.3, -0.25) is 4.79 Å². The second-order valence-electron chi connectivity index (χ2n) is 4.85. The fourth-order valence-electron chi connectivity index (χ4n) is 1.20. The van der Waals surface area contributed by atoms with Crippen LogP contribution in [-0.4, -0.2) is 22.0 Å². The Balaban J connectivity index is 0.000000401. The van der Waals surface area contributed by atoms with E-state index in [1.807, 2.05) is 27.7 Å². The van der Waals surface area contributed by atoms with Crippen molar-refractivity contribution in [3.63, 3.8) is 0 Å². The fraction of sp³-hybridized carbons (Fsp3) is 0.667. The summed E-state index contributed by atoms with van der Waals surface area (Å²) in [4.78, 5) is 11.0. The van der Waals surface area contributed by atoms with Gasteiger partial charge >= 0.3 is 0 Å². The molecule has 0 aromatic carbocycles. The third-order valence-electron chi connectivity index (χ3n) is 1.94. The van der Waals surface area contributed by atoms with E-state index in [0.29, 0.717) is 10.7 Å². The molecular weight excluding hydrogens is 383 g/mol. The molecule has 0 aliphatic carbocycles. The molecule has 0 atom stereocenters. The van der Waals surface area contributed by atoms with E-state index in [1.54, 1.807) is 6.92 Å². The molecule has 1 aromatic heterocycles. The molecule has 0 saturated carbocycles. The molecule has 0 saturated heterocycles. The van der Waals surface area contributed by atoms with Gasteiger partial charge in [-0.1, -0.05) is 23.4 Å². The zero-order valence-corrected chi connectivity index (χ0v) is 17.3. The predicted molar refractivity (Wildman–Crippen MR) is 101 cm³/mol. The van der Waals surface area contributed by atoms with Gasteiger partial charge in [0.05, 0.1) is 23.8 Å². The van der Waals surface area contributed by atoms with Gasteiger partial charge in [-0.2, -0.15) is 17.7 Å². The van der Waals surface area contributed by atoms with Gasteiger partial charge in [0.2, 0.25) is 0 Å². The van der Waals surface area contributed by atoms with Crippen molar-refractivity contribution in [1.29, 1.82) is 0 Å². The summed E-state index contributed by atoms with van der Waals surface area (Å²) in [5.41, 5.74) is -1.88. The molecular formula is C12H21ClN2O3PS3-. The maximum absolute atomic E-state index is 11.0. The molecule has 0 radical (unpaired) electrons. The maximum Gasteiger partial charge on any atom is 0.267 e. The zero-order valence-electron chi connectivity index (χ0n) is 13.1. The monoisotopic (exact) mass is 403 g/mol. The van der Waals surface area contributed by atoms with Crippen LogP contribution in [-0.2, 0) is 39.0 Å². The van der Waals surface area contributed by atoms with Crippen LogP contribution < -0.4 is 5.56 Å². The van der Waals surface area contributed by atoms with Gasteiger partial charge in [0, 0.05) is 6.07 Å². The molecule has 22 heavy (non-hydrogen) atoms. The van der Waals surface area contributed by atoms with E-state index < -0.39 is 5.69 Å². The van der Waals surface area contributed by atoms with Crippen molar-refractivity contribution >= 4 is 54.0 Å². The molecule has 0 fully saturated rings. The number of rotatable bonds is 5. The van der Waals surface area contributed by atoms with E-state index in [1.165, 1.54) is 10.7 Å². The van der Waals surface area contributed by atoms with Crippen LogP contribution in [0.4, 0.5) is 0 Å². The van der Waals surface area contributed by atoms with E-state index in [2.05, 4.69) is 17.7 Å². The van der Waals surface area contributed by atoms with Gasteiger partial charge in [0.25, 0.3) is 5.56 Å². The average Bonchev–Trinajstić information content (AvgIpc) is 2.31. The Morgan fingerprint density at radius 2 is 1.86 bits per heavy atom. The Labute approximate surface area is 152 Å². The first-order valence-electron chi connectivity index (χ1n) is 6.51. The molecule has 0 aliphatic rings. The van der Waals surface area contributed by atoms with Crippen molar-refractivity contribution < 1.29 is 9.05 Å². The first-order chi connectivity index (χ1) is 9.98. The first-order valence-corrected chi connectivity index (χ1v) is 11.2. The van der Waals surface area contributed by atoms with Crippen LogP contribution in [0, 0.1) is 6.92 Å². The Morgan fingerprint density at radius 1 is 1.41 bits per heavy atom. The fourth-order valence-corrected chi connectivity index (χ4v) is 4.69. The summed E-state index contributed by atoms with van der Waals surface area (Å²) < 4.78 is 11.7. The summed E-state index contributed by atoms with van der Waals surface area (Å²) in [5.74, 6) is 0.249. The molecule has 128 valence electrons. The van der Waals surface area contributed by atoms with E-state index in [-0.39, 0.29) is 23.6 Å². The van der Waals surface area contributed by atoms with Crippen LogP contribution in [0.1, 0.15) is 33.3 Å². The molecule has 0 N–H and O–H groups in total. The Bertz CT molecular complexity index is 567. The number of halogens is 1. The number of aromatic nitrogens is 2. The van der Waals surface area contributed by atoms with Crippen LogP contribution in [0.5, 0.6) is 0 Å². The molecule has 0 amide bonds. The van der Waals surface area contributed by atoms with Gasteiger partial charge in [-0.25, -0.2) is 4.68 Å². The molecule has 5 nitrogen and oxygen atoms in total. The van der Waals surface area contributed by atoms with Crippen LogP contribution in [0.3, 0.4) is 0 Å². The number of hydrogen-bond donors (Lipinski definition) is 1. The Kier molecular flexibility index (Phi) is 10.5. The first kappa shape index (κ1) is 22.4. The number of aryl methyl sites for hydroxylation is 1. The largest absolute Gasteiger partial charge is 0.691 e. The van der Waals surface area contributed by atoms with Gasteiger partial charge < -0.3 is 21.3 Å². The highest BCUT2D eigenvalue weighted by atomic mass is 35.5. The van der Waals surface area contributed by atoms with Crippen molar-refractivity contribution in [3.8, 4) is 0 Å². The molecule has 0 bridgehead atoms. The maximum atomic E-state index is 11.0. The highest BCUT2D eigenvalue weighted by molar-refractivity contribution is 8.51. The minimum atomic E-state index is -2.39. The van der Waals surface area contributed by atoms with Crippen molar-refractivity contribution in [2.45, 2.75) is 52.7 Å². The van der Waals surface area contributed by atoms with Crippen LogP contribution in [0.15, 0.2) is 10.9 Å². The van der Waals surface area contributed by atoms with Crippen molar-refractivity contribution in [1.82, 2.24) is 9.78 Å². The number of thiol groups is 1. The van der Waals surface area contributed by atoms with E-state index in [0.717, 1.165) is 0 Å². The summed E-state index contributed by atoms with van der Waals surface area (Å²) in [5, 5.41) is 4.13. The predicted octanol–water partition coefficient (Wildman–Crippen LogP) is 3.70. The molecule has 1 aromatic rings. The third kappa shape index (κ3) is 9.55. The van der Waals surface area contributed by atoms with E-state index in [4.69, 9.17) is 44.7 Å². The Morgan fingerprint density at radius 3 is 2.23 bits per heavy atom. The second-order valence-corrected chi connectivity index (χ2v) is 10.4. The summed E-state index contributed by atoms with van der Waals surface area (Å²) in [6, 6.07) is 1.44. The highest BCUT2D eigenvalue weighted by Crippen LogP contribution is 2.48. The SMILES string of the molecule is CC(C)OP(=S)([S-])OC(C)C.Cc1cc(=O)n(CS)nc1Cl. The summed E-state index contributed by atoms with van der Waals surface area (Å²) in [6.45, 7) is 9.34. The lowest BCUT2D eigenvalue weighted by Crippen LogP contribution is -2.20. The minimum absolute atomic E-state index is 0.0529. The molecule has 1 heterocycles. The van der Waals surface area contributed by atoms with Crippen LogP contribution >= 0.6 is 29.9 Å². The van der Waals surface area contributed by atoms with E-state index in [9.17, 15) is 4.79 Å². The number of hydrogen-bond acceptors (Lipinski definition) is 7. The topological polar surface area (TPSA) is 53.4 Å². The Hall–Kier alpha value is 0.440. The average molecular weight is 404 g/mol. The van der Waals surface area contributed by atoms with Gasteiger partial charge in [-0.05, 0) is 40.2 Å². The zero-order chi connectivity index (χ0) is 17.5. The lowest BCUT2D eigenvalue weighted by atomic mass is 10.3. The third-order valence-corrected chi connectivity index (χ3v) is 4.98. The smallest absolute Gasteiger partial charge is 0.267 e. The minimum Gasteiger partial charge on any atom is -0.691 e. The molecule has 0 unspecified atom stereocenters. The summed E-state index contributed by atoms with van der Waals surface area (Å²) in [7, 11) is 0. The van der Waals surface area contributed by atoms with Crippen LogP contribution in [0.25, 0.3) is 0 Å². The van der Waals surface area contributed by atoms with Crippen molar-refractivity contribution in [3.05, 3.63) is 27.1 Å². The second kappa shape index (κ2) is 10.3. The molecule has 1 rings (SSSR count). The number of nitrogens with zero attached hydrogens (tertiary/aromatic N) is 2. The quantitative estimate of drug-likeness (QED) is 0.459. The van der Waals surface area contributed by atoms with Gasteiger partial charge in [0.15, 0.2) is 5.15 Å². The molecule has 10 heteroatoms. The standard InChI is InChI=1S/C6H7ClN2OS.C6H15O2PS2/c1-4-2-5(10)9(3-11)8-6(4)7;1-5(2)7-9(10,11)8-6(3)4/h2,11H,3H2,1H3;5-6H,1-4H3,(H,10,11)/p-1. The van der Waals surface area contributed by atoms with Gasteiger partial charge in [0.1, 0.15) is 0 Å². The summed E-state index contributed by atoms with van der Waals surface area (Å²) in [6.07, 6.45) is 0.106. The van der Waals surface area contributed by atoms with Gasteiger partial charge in [-0.15, -0.1) is 0 Å². The lowest BCUT2D eigenvalue weighted by Gasteiger charge is -2.31. The summed E-state index contributed by atoms with van der Waals surface area (Å²) >= 11 is 19.5. The van der Waals surface area contributed by atoms with Crippen molar-refractivity contribution in [2.75, 3.05) is 0 Å². The van der Waals surface area contributed by atoms with Crippen LogP contribution in [0.2, 0.25) is 5.15 Å². The molecule has 0 spiro atoms. The lowest BCUT2D eigenvalue weighted by molar-refractivity contribution is 0.186. The molecule has 0 aliphatic heterocycles.